The van der Waals surface area contributed by atoms with Crippen molar-refractivity contribution in [3.8, 4) is 0 Å². The van der Waals surface area contributed by atoms with E-state index in [2.05, 4.69) is 0 Å². The van der Waals surface area contributed by atoms with Gasteiger partial charge in [0.2, 0.25) is 0 Å². The fourth-order valence-electron chi connectivity index (χ4n) is 2.54. The van der Waals surface area contributed by atoms with Gasteiger partial charge in [-0.15, -0.1) is 0 Å². The number of benzene rings is 1. The SMILES string of the molecule is NC1CCC(c2ccccc2C(F)(F)F)CC1. The first-order valence-electron chi connectivity index (χ1n) is 5.90. The maximum Gasteiger partial charge on any atom is 0.416 e. The maximum absolute atomic E-state index is 12.9. The van der Waals surface area contributed by atoms with E-state index in [1.54, 1.807) is 12.1 Å². The standard InChI is InChI=1S/C13H16F3N/c14-13(15,16)12-4-2-1-3-11(12)9-5-7-10(17)8-6-9/h1-4,9-10H,5-8,17H2. The molecule has 0 saturated heterocycles. The Bertz CT molecular complexity index is 378. The second kappa shape index (κ2) is 4.69. The van der Waals surface area contributed by atoms with Crippen LogP contribution in [-0.4, -0.2) is 6.04 Å². The van der Waals surface area contributed by atoms with Gasteiger partial charge in [-0.2, -0.15) is 13.2 Å². The molecule has 0 radical (unpaired) electrons. The molecule has 4 heteroatoms. The Hall–Kier alpha value is -1.03. The van der Waals surface area contributed by atoms with Gasteiger partial charge in [-0.1, -0.05) is 18.2 Å². The van der Waals surface area contributed by atoms with E-state index in [-0.39, 0.29) is 12.0 Å². The molecule has 0 aliphatic heterocycles. The van der Waals surface area contributed by atoms with Crippen LogP contribution in [0.1, 0.15) is 42.7 Å². The predicted octanol–water partition coefficient (Wildman–Crippen LogP) is 3.69. The van der Waals surface area contributed by atoms with Gasteiger partial charge in [0.1, 0.15) is 0 Å². The van der Waals surface area contributed by atoms with Crippen LogP contribution in [0.15, 0.2) is 24.3 Å². The average molecular weight is 243 g/mol. The molecule has 1 nitrogen and oxygen atoms in total. The van der Waals surface area contributed by atoms with Crippen molar-refractivity contribution in [2.24, 2.45) is 5.73 Å². The van der Waals surface area contributed by atoms with Crippen molar-refractivity contribution in [3.63, 3.8) is 0 Å². The van der Waals surface area contributed by atoms with Crippen LogP contribution in [-0.2, 0) is 6.18 Å². The van der Waals surface area contributed by atoms with Crippen molar-refractivity contribution in [1.29, 1.82) is 0 Å². The first-order chi connectivity index (χ1) is 7.98. The van der Waals surface area contributed by atoms with Crippen LogP contribution in [0.2, 0.25) is 0 Å². The highest BCUT2D eigenvalue weighted by Gasteiger charge is 2.35. The Morgan fingerprint density at radius 3 is 2.18 bits per heavy atom. The Morgan fingerprint density at radius 2 is 1.59 bits per heavy atom. The molecule has 1 aliphatic carbocycles. The molecule has 2 N–H and O–H groups in total. The smallest absolute Gasteiger partial charge is 0.328 e. The van der Waals surface area contributed by atoms with E-state index >= 15 is 0 Å². The van der Waals surface area contributed by atoms with Crippen LogP contribution in [0.3, 0.4) is 0 Å². The predicted molar refractivity (Wildman–Crippen MR) is 60.6 cm³/mol. The highest BCUT2D eigenvalue weighted by Crippen LogP contribution is 2.40. The van der Waals surface area contributed by atoms with E-state index in [1.165, 1.54) is 12.1 Å². The molecule has 1 saturated carbocycles. The number of nitrogens with two attached hydrogens (primary N) is 1. The molecule has 0 heterocycles. The normalized spacial score (nSPS) is 25.9. The van der Waals surface area contributed by atoms with Crippen molar-refractivity contribution in [2.45, 2.75) is 43.8 Å². The summed E-state index contributed by atoms with van der Waals surface area (Å²) in [5.74, 6) is 0.00706. The average Bonchev–Trinajstić information content (AvgIpc) is 2.29. The maximum atomic E-state index is 12.9. The van der Waals surface area contributed by atoms with Gasteiger partial charge in [0.25, 0.3) is 0 Å². The molecule has 1 aliphatic rings. The van der Waals surface area contributed by atoms with Gasteiger partial charge in [-0.05, 0) is 43.2 Å². The lowest BCUT2D eigenvalue weighted by atomic mass is 9.80. The molecule has 1 aromatic carbocycles. The molecule has 0 unspecified atom stereocenters. The largest absolute Gasteiger partial charge is 0.416 e. The summed E-state index contributed by atoms with van der Waals surface area (Å²) in [4.78, 5) is 0. The summed E-state index contributed by atoms with van der Waals surface area (Å²) in [6.07, 6.45) is -1.10. The minimum atomic E-state index is -4.25. The van der Waals surface area contributed by atoms with Crippen LogP contribution in [0.5, 0.6) is 0 Å². The summed E-state index contributed by atoms with van der Waals surface area (Å²) >= 11 is 0. The summed E-state index contributed by atoms with van der Waals surface area (Å²) < 4.78 is 38.6. The third kappa shape index (κ3) is 2.80. The van der Waals surface area contributed by atoms with Gasteiger partial charge < -0.3 is 5.73 Å². The molecule has 94 valence electrons. The number of hydrogen-bond acceptors (Lipinski definition) is 1. The minimum absolute atomic E-state index is 0.00706. The number of hydrogen-bond donors (Lipinski definition) is 1. The highest BCUT2D eigenvalue weighted by atomic mass is 19.4. The molecule has 1 aromatic rings. The number of rotatable bonds is 1. The fraction of sp³-hybridized carbons (Fsp3) is 0.538. The molecule has 2 rings (SSSR count). The van der Waals surface area contributed by atoms with Crippen molar-refractivity contribution in [1.82, 2.24) is 0 Å². The van der Waals surface area contributed by atoms with E-state index in [0.717, 1.165) is 25.7 Å². The van der Waals surface area contributed by atoms with E-state index < -0.39 is 11.7 Å². The van der Waals surface area contributed by atoms with Crippen LogP contribution in [0.4, 0.5) is 13.2 Å². The van der Waals surface area contributed by atoms with Gasteiger partial charge in [-0.3, -0.25) is 0 Å². The van der Waals surface area contributed by atoms with Crippen LogP contribution >= 0.6 is 0 Å². The first-order valence-corrected chi connectivity index (χ1v) is 5.90. The lowest BCUT2D eigenvalue weighted by Gasteiger charge is -2.28. The van der Waals surface area contributed by atoms with Crippen molar-refractivity contribution >= 4 is 0 Å². The minimum Gasteiger partial charge on any atom is -0.328 e. The van der Waals surface area contributed by atoms with Crippen LogP contribution in [0, 0.1) is 0 Å². The third-order valence-electron chi connectivity index (χ3n) is 3.48. The summed E-state index contributed by atoms with van der Waals surface area (Å²) in [5, 5.41) is 0. The van der Waals surface area contributed by atoms with Gasteiger partial charge in [-0.25, -0.2) is 0 Å². The van der Waals surface area contributed by atoms with Crippen molar-refractivity contribution in [2.75, 3.05) is 0 Å². The van der Waals surface area contributed by atoms with Crippen LogP contribution < -0.4 is 5.73 Å². The van der Waals surface area contributed by atoms with Crippen molar-refractivity contribution < 1.29 is 13.2 Å². The number of alkyl halides is 3. The monoisotopic (exact) mass is 243 g/mol. The van der Waals surface area contributed by atoms with E-state index in [1.807, 2.05) is 0 Å². The zero-order chi connectivity index (χ0) is 12.5. The molecular formula is C13H16F3N. The molecule has 0 amide bonds. The molecule has 0 aromatic heterocycles. The molecule has 0 atom stereocenters. The Labute approximate surface area is 98.8 Å². The quantitative estimate of drug-likeness (QED) is 0.799. The highest BCUT2D eigenvalue weighted by molar-refractivity contribution is 5.33. The molecule has 0 bridgehead atoms. The van der Waals surface area contributed by atoms with E-state index in [9.17, 15) is 13.2 Å². The summed E-state index contributed by atoms with van der Waals surface area (Å²) in [6.45, 7) is 0. The van der Waals surface area contributed by atoms with Gasteiger partial charge in [0.05, 0.1) is 5.56 Å². The third-order valence-corrected chi connectivity index (χ3v) is 3.48. The molecular weight excluding hydrogens is 227 g/mol. The van der Waals surface area contributed by atoms with Gasteiger partial charge >= 0.3 is 6.18 Å². The summed E-state index contributed by atoms with van der Waals surface area (Å²) in [7, 11) is 0. The second-order valence-corrected chi connectivity index (χ2v) is 4.70. The summed E-state index contributed by atoms with van der Waals surface area (Å²) in [5.41, 5.74) is 5.73. The molecule has 17 heavy (non-hydrogen) atoms. The second-order valence-electron chi connectivity index (χ2n) is 4.70. The van der Waals surface area contributed by atoms with Gasteiger partial charge in [0, 0.05) is 6.04 Å². The number of halogens is 3. The van der Waals surface area contributed by atoms with Crippen molar-refractivity contribution in [3.05, 3.63) is 35.4 Å². The van der Waals surface area contributed by atoms with Gasteiger partial charge in [0.15, 0.2) is 0 Å². The Balaban J connectivity index is 2.26. The fourth-order valence-corrected chi connectivity index (χ4v) is 2.54. The lowest BCUT2D eigenvalue weighted by Crippen LogP contribution is -2.26. The Morgan fingerprint density at radius 1 is 1.00 bits per heavy atom. The van der Waals surface area contributed by atoms with E-state index in [4.69, 9.17) is 5.73 Å². The Kier molecular flexibility index (Phi) is 3.43. The molecule has 1 fully saturated rings. The zero-order valence-electron chi connectivity index (χ0n) is 9.50. The topological polar surface area (TPSA) is 26.0 Å². The zero-order valence-corrected chi connectivity index (χ0v) is 9.50. The first kappa shape index (κ1) is 12.4. The summed E-state index contributed by atoms with van der Waals surface area (Å²) in [6, 6.07) is 6.05. The van der Waals surface area contributed by atoms with E-state index in [0.29, 0.717) is 5.56 Å². The lowest BCUT2D eigenvalue weighted by molar-refractivity contribution is -0.138. The van der Waals surface area contributed by atoms with Crippen LogP contribution in [0.25, 0.3) is 0 Å². The molecule has 0 spiro atoms.